The summed E-state index contributed by atoms with van der Waals surface area (Å²) < 4.78 is 14.7. The average molecular weight is 384 g/mol. The van der Waals surface area contributed by atoms with Gasteiger partial charge >= 0.3 is 0 Å². The molecule has 0 saturated heterocycles. The van der Waals surface area contributed by atoms with Gasteiger partial charge in [0.05, 0.1) is 16.3 Å². The molecule has 0 atom stereocenters. The van der Waals surface area contributed by atoms with Gasteiger partial charge in [-0.15, -0.1) is 22.7 Å². The molecule has 5 nitrogen and oxygen atoms in total. The standard InChI is InChI=1S/C18H13FN4OS2/c1-11-9-16(21-17(24)15-3-2-8-25-15)23(22-11)18-20-14(10-26-18)12-4-6-13(19)7-5-12/h2-10H,1H3,(H,21,24). The van der Waals surface area contributed by atoms with Gasteiger partial charge in [-0.2, -0.15) is 9.78 Å². The number of thiazole rings is 1. The first-order chi connectivity index (χ1) is 12.6. The van der Waals surface area contributed by atoms with Crippen LogP contribution in [0.25, 0.3) is 16.4 Å². The lowest BCUT2D eigenvalue weighted by molar-refractivity contribution is 0.103. The van der Waals surface area contributed by atoms with Crippen LogP contribution in [0.15, 0.2) is 53.2 Å². The fourth-order valence-electron chi connectivity index (χ4n) is 2.43. The van der Waals surface area contributed by atoms with Gasteiger partial charge in [-0.1, -0.05) is 6.07 Å². The average Bonchev–Trinajstić information content (AvgIpc) is 3.35. The van der Waals surface area contributed by atoms with Crippen LogP contribution in [-0.4, -0.2) is 20.7 Å². The minimum atomic E-state index is -0.287. The number of carbonyl (C=O) groups excluding carboxylic acids is 1. The van der Waals surface area contributed by atoms with Crippen molar-refractivity contribution in [1.82, 2.24) is 14.8 Å². The van der Waals surface area contributed by atoms with Crippen molar-refractivity contribution in [1.29, 1.82) is 0 Å². The zero-order chi connectivity index (χ0) is 18.1. The van der Waals surface area contributed by atoms with Gasteiger partial charge in [-0.05, 0) is 42.6 Å². The van der Waals surface area contributed by atoms with Gasteiger partial charge in [0.15, 0.2) is 0 Å². The molecular weight excluding hydrogens is 371 g/mol. The van der Waals surface area contributed by atoms with Crippen LogP contribution in [0.3, 0.4) is 0 Å². The van der Waals surface area contributed by atoms with E-state index in [9.17, 15) is 9.18 Å². The third kappa shape index (κ3) is 3.29. The number of benzene rings is 1. The zero-order valence-corrected chi connectivity index (χ0v) is 15.3. The first-order valence-corrected chi connectivity index (χ1v) is 9.49. The molecule has 130 valence electrons. The van der Waals surface area contributed by atoms with E-state index in [0.29, 0.717) is 15.8 Å². The number of amides is 1. The number of carbonyl (C=O) groups is 1. The molecule has 8 heteroatoms. The Morgan fingerprint density at radius 3 is 2.73 bits per heavy atom. The number of aryl methyl sites for hydroxylation is 1. The Hall–Kier alpha value is -2.84. The topological polar surface area (TPSA) is 59.8 Å². The highest BCUT2D eigenvalue weighted by molar-refractivity contribution is 7.12. The molecule has 0 unspecified atom stereocenters. The lowest BCUT2D eigenvalue weighted by atomic mass is 10.2. The minimum absolute atomic E-state index is 0.184. The second-order valence-corrected chi connectivity index (χ2v) is 7.32. The summed E-state index contributed by atoms with van der Waals surface area (Å²) in [5, 5.41) is 11.7. The number of halogens is 1. The maximum atomic E-state index is 13.1. The fraction of sp³-hybridized carbons (Fsp3) is 0.0556. The zero-order valence-electron chi connectivity index (χ0n) is 13.6. The Labute approximate surface area is 156 Å². The summed E-state index contributed by atoms with van der Waals surface area (Å²) in [6.45, 7) is 1.85. The van der Waals surface area contributed by atoms with Crippen molar-refractivity contribution in [2.45, 2.75) is 6.92 Å². The highest BCUT2D eigenvalue weighted by Crippen LogP contribution is 2.27. The van der Waals surface area contributed by atoms with E-state index in [-0.39, 0.29) is 11.7 Å². The number of aromatic nitrogens is 3. The predicted molar refractivity (Wildman–Crippen MR) is 102 cm³/mol. The summed E-state index contributed by atoms with van der Waals surface area (Å²) in [6, 6.07) is 11.6. The monoisotopic (exact) mass is 384 g/mol. The molecule has 1 N–H and O–H groups in total. The lowest BCUT2D eigenvalue weighted by Gasteiger charge is -2.05. The minimum Gasteiger partial charge on any atom is -0.306 e. The number of nitrogens with zero attached hydrogens (tertiary/aromatic N) is 3. The molecule has 4 aromatic rings. The SMILES string of the molecule is Cc1cc(NC(=O)c2cccs2)n(-c2nc(-c3ccc(F)cc3)cs2)n1. The number of thiophene rings is 1. The summed E-state index contributed by atoms with van der Waals surface area (Å²) in [4.78, 5) is 17.5. The Morgan fingerprint density at radius 1 is 1.19 bits per heavy atom. The Balaban J connectivity index is 1.64. The molecule has 3 aromatic heterocycles. The molecule has 0 fully saturated rings. The molecule has 0 radical (unpaired) electrons. The summed E-state index contributed by atoms with van der Waals surface area (Å²) in [5.74, 6) is 0.0860. The maximum absolute atomic E-state index is 13.1. The molecule has 0 aliphatic rings. The van der Waals surface area contributed by atoms with Crippen LogP contribution >= 0.6 is 22.7 Å². The van der Waals surface area contributed by atoms with E-state index in [4.69, 9.17) is 0 Å². The second kappa shape index (κ2) is 6.81. The fourth-order valence-corrected chi connectivity index (χ4v) is 3.85. The predicted octanol–water partition coefficient (Wildman–Crippen LogP) is 4.76. The van der Waals surface area contributed by atoms with Gasteiger partial charge in [0, 0.05) is 17.0 Å². The molecule has 1 aromatic carbocycles. The van der Waals surface area contributed by atoms with Crippen molar-refractivity contribution in [3.8, 4) is 16.4 Å². The lowest BCUT2D eigenvalue weighted by Crippen LogP contribution is -2.13. The van der Waals surface area contributed by atoms with Crippen molar-refractivity contribution in [3.05, 3.63) is 69.6 Å². The van der Waals surface area contributed by atoms with E-state index < -0.39 is 0 Å². The number of hydrogen-bond acceptors (Lipinski definition) is 5. The Kier molecular flexibility index (Phi) is 4.36. The molecule has 4 rings (SSSR count). The van der Waals surface area contributed by atoms with Crippen molar-refractivity contribution in [2.24, 2.45) is 0 Å². The van der Waals surface area contributed by atoms with E-state index in [0.717, 1.165) is 17.0 Å². The molecule has 0 aliphatic heterocycles. The van der Waals surface area contributed by atoms with Gasteiger partial charge in [0.1, 0.15) is 11.6 Å². The molecule has 0 bridgehead atoms. The number of rotatable bonds is 4. The molecule has 0 aliphatic carbocycles. The van der Waals surface area contributed by atoms with Gasteiger partial charge in [0.2, 0.25) is 5.13 Å². The van der Waals surface area contributed by atoms with Gasteiger partial charge in [0.25, 0.3) is 5.91 Å². The quantitative estimate of drug-likeness (QED) is 0.552. The number of hydrogen-bond donors (Lipinski definition) is 1. The number of nitrogens with one attached hydrogen (secondary N) is 1. The summed E-state index contributed by atoms with van der Waals surface area (Å²) >= 11 is 2.78. The van der Waals surface area contributed by atoms with Crippen molar-refractivity contribution in [2.75, 3.05) is 5.32 Å². The smallest absolute Gasteiger partial charge is 0.266 e. The van der Waals surface area contributed by atoms with Crippen molar-refractivity contribution in [3.63, 3.8) is 0 Å². The van der Waals surface area contributed by atoms with Gasteiger partial charge < -0.3 is 5.32 Å². The highest BCUT2D eigenvalue weighted by Gasteiger charge is 2.15. The van der Waals surface area contributed by atoms with Crippen molar-refractivity contribution < 1.29 is 9.18 Å². The van der Waals surface area contributed by atoms with E-state index in [1.807, 2.05) is 23.8 Å². The molecular formula is C18H13FN4OS2. The van der Waals surface area contributed by atoms with Crippen LogP contribution in [0.2, 0.25) is 0 Å². The van der Waals surface area contributed by atoms with E-state index in [1.54, 1.807) is 28.9 Å². The summed E-state index contributed by atoms with van der Waals surface area (Å²) in [5.41, 5.74) is 2.32. The van der Waals surface area contributed by atoms with E-state index in [2.05, 4.69) is 15.4 Å². The van der Waals surface area contributed by atoms with Crippen LogP contribution in [-0.2, 0) is 0 Å². The first kappa shape index (κ1) is 16.6. The Bertz CT molecular complexity index is 1050. The third-order valence-corrected chi connectivity index (χ3v) is 5.32. The molecule has 0 saturated carbocycles. The van der Waals surface area contributed by atoms with Gasteiger partial charge in [-0.25, -0.2) is 9.37 Å². The first-order valence-electron chi connectivity index (χ1n) is 7.73. The van der Waals surface area contributed by atoms with Gasteiger partial charge in [-0.3, -0.25) is 4.79 Å². The van der Waals surface area contributed by atoms with Crippen molar-refractivity contribution >= 4 is 34.4 Å². The number of anilines is 1. The second-order valence-electron chi connectivity index (χ2n) is 5.54. The molecule has 0 spiro atoms. The van der Waals surface area contributed by atoms with Crippen LogP contribution < -0.4 is 5.32 Å². The van der Waals surface area contributed by atoms with Crippen LogP contribution in [0, 0.1) is 12.7 Å². The molecule has 26 heavy (non-hydrogen) atoms. The summed E-state index contributed by atoms with van der Waals surface area (Å²) in [7, 11) is 0. The third-order valence-electron chi connectivity index (χ3n) is 3.63. The van der Waals surface area contributed by atoms with Crippen LogP contribution in [0.5, 0.6) is 0 Å². The molecule has 3 heterocycles. The largest absolute Gasteiger partial charge is 0.306 e. The maximum Gasteiger partial charge on any atom is 0.266 e. The highest BCUT2D eigenvalue weighted by atomic mass is 32.1. The van der Waals surface area contributed by atoms with E-state index >= 15 is 0 Å². The van der Waals surface area contributed by atoms with Crippen LogP contribution in [0.4, 0.5) is 10.2 Å². The van der Waals surface area contributed by atoms with Crippen LogP contribution in [0.1, 0.15) is 15.4 Å². The summed E-state index contributed by atoms with van der Waals surface area (Å²) in [6.07, 6.45) is 0. The molecule has 1 amide bonds. The normalized spacial score (nSPS) is 10.8. The van der Waals surface area contributed by atoms with E-state index in [1.165, 1.54) is 34.8 Å². The Morgan fingerprint density at radius 2 is 2.00 bits per heavy atom.